The zero-order valence-corrected chi connectivity index (χ0v) is 9.76. The molecule has 3 N–H and O–H groups in total. The summed E-state index contributed by atoms with van der Waals surface area (Å²) in [6.07, 6.45) is 1.77. The van der Waals surface area contributed by atoms with Gasteiger partial charge in [0.2, 0.25) is 0 Å². The molecule has 6 heteroatoms. The summed E-state index contributed by atoms with van der Waals surface area (Å²) in [5.41, 5.74) is 5.51. The maximum atomic E-state index is 10.9. The molecule has 0 fully saturated rings. The van der Waals surface area contributed by atoms with Gasteiger partial charge in [-0.1, -0.05) is 0 Å². The van der Waals surface area contributed by atoms with Crippen LogP contribution in [0.15, 0.2) is 4.99 Å². The molecular formula is C8H19N3O2S. The third kappa shape index (κ3) is 7.85. The van der Waals surface area contributed by atoms with Crippen LogP contribution in [0, 0.1) is 0 Å². The van der Waals surface area contributed by atoms with Gasteiger partial charge in [0, 0.05) is 18.8 Å². The summed E-state index contributed by atoms with van der Waals surface area (Å²) < 4.78 is 21.7. The molecule has 0 aliphatic heterocycles. The average molecular weight is 221 g/mol. The lowest BCUT2D eigenvalue weighted by Crippen LogP contribution is -2.39. The fourth-order valence-corrected chi connectivity index (χ4v) is 1.71. The van der Waals surface area contributed by atoms with E-state index in [0.29, 0.717) is 18.9 Å². The van der Waals surface area contributed by atoms with Gasteiger partial charge in [-0.2, -0.15) is 0 Å². The van der Waals surface area contributed by atoms with Crippen molar-refractivity contribution in [3.63, 3.8) is 0 Å². The quantitative estimate of drug-likeness (QED) is 0.494. The molecular weight excluding hydrogens is 202 g/mol. The first-order chi connectivity index (χ1) is 6.35. The standard InChI is InChI=1S/C8H19N3O2S/c1-4-10-8(9)11-7(2)5-6-14(3,12)13/h7H,4-6H2,1-3H3,(H3,9,10,11). The molecule has 0 aromatic carbocycles. The molecule has 0 radical (unpaired) electrons. The summed E-state index contributed by atoms with van der Waals surface area (Å²) in [4.78, 5) is 3.94. The third-order valence-electron chi connectivity index (χ3n) is 1.64. The monoisotopic (exact) mass is 221 g/mol. The molecule has 0 rings (SSSR count). The van der Waals surface area contributed by atoms with E-state index in [4.69, 9.17) is 5.73 Å². The van der Waals surface area contributed by atoms with Crippen LogP contribution >= 0.6 is 0 Å². The predicted molar refractivity (Wildman–Crippen MR) is 59.1 cm³/mol. The summed E-state index contributed by atoms with van der Waals surface area (Å²) in [7, 11) is -2.89. The minimum absolute atomic E-state index is 0.0278. The highest BCUT2D eigenvalue weighted by molar-refractivity contribution is 7.90. The summed E-state index contributed by atoms with van der Waals surface area (Å²) in [5.74, 6) is 0.536. The van der Waals surface area contributed by atoms with Gasteiger partial charge < -0.3 is 11.1 Å². The second-order valence-corrected chi connectivity index (χ2v) is 5.58. The zero-order valence-electron chi connectivity index (χ0n) is 8.95. The molecule has 0 aromatic heterocycles. The van der Waals surface area contributed by atoms with E-state index in [9.17, 15) is 8.42 Å². The fraction of sp³-hybridized carbons (Fsp3) is 0.875. The van der Waals surface area contributed by atoms with E-state index in [1.165, 1.54) is 6.26 Å². The van der Waals surface area contributed by atoms with Crippen molar-refractivity contribution in [1.82, 2.24) is 5.32 Å². The van der Waals surface area contributed by atoms with Gasteiger partial charge in [-0.3, -0.25) is 4.99 Å². The van der Waals surface area contributed by atoms with Gasteiger partial charge in [-0.25, -0.2) is 8.42 Å². The molecule has 0 aliphatic rings. The van der Waals surface area contributed by atoms with Crippen LogP contribution in [0.2, 0.25) is 0 Å². The van der Waals surface area contributed by atoms with E-state index in [0.717, 1.165) is 0 Å². The van der Waals surface area contributed by atoms with Gasteiger partial charge in [0.1, 0.15) is 9.84 Å². The van der Waals surface area contributed by atoms with E-state index in [-0.39, 0.29) is 11.8 Å². The highest BCUT2D eigenvalue weighted by Gasteiger charge is 2.07. The first-order valence-electron chi connectivity index (χ1n) is 4.59. The van der Waals surface area contributed by atoms with Gasteiger partial charge in [0.05, 0.1) is 5.75 Å². The number of aliphatic imine (C=N–C) groups is 1. The smallest absolute Gasteiger partial charge is 0.188 e. The van der Waals surface area contributed by atoms with Gasteiger partial charge >= 0.3 is 0 Å². The van der Waals surface area contributed by atoms with Crippen molar-refractivity contribution in [2.24, 2.45) is 10.7 Å². The highest BCUT2D eigenvalue weighted by atomic mass is 32.2. The van der Waals surface area contributed by atoms with Crippen molar-refractivity contribution >= 4 is 15.8 Å². The molecule has 84 valence electrons. The van der Waals surface area contributed by atoms with Crippen LogP contribution in [0.3, 0.4) is 0 Å². The Hall–Kier alpha value is -0.780. The number of nitrogens with two attached hydrogens (primary N) is 1. The van der Waals surface area contributed by atoms with Gasteiger partial charge in [-0.05, 0) is 20.3 Å². The van der Waals surface area contributed by atoms with Crippen LogP contribution in [0.4, 0.5) is 0 Å². The predicted octanol–water partition coefficient (Wildman–Crippen LogP) is -0.266. The van der Waals surface area contributed by atoms with Crippen LogP contribution in [-0.4, -0.2) is 39.0 Å². The fourth-order valence-electron chi connectivity index (χ4n) is 0.931. The molecule has 0 amide bonds. The molecule has 0 heterocycles. The van der Waals surface area contributed by atoms with E-state index >= 15 is 0 Å². The van der Waals surface area contributed by atoms with Crippen molar-refractivity contribution in [2.75, 3.05) is 18.6 Å². The second-order valence-electron chi connectivity index (χ2n) is 3.32. The number of guanidine groups is 1. The summed E-state index contributed by atoms with van der Waals surface area (Å²) in [6.45, 7) is 4.39. The summed E-state index contributed by atoms with van der Waals surface area (Å²) >= 11 is 0. The van der Waals surface area contributed by atoms with E-state index in [1.807, 2.05) is 13.8 Å². The van der Waals surface area contributed by atoms with Gasteiger partial charge in [0.25, 0.3) is 0 Å². The molecule has 5 nitrogen and oxygen atoms in total. The van der Waals surface area contributed by atoms with Crippen LogP contribution < -0.4 is 11.1 Å². The molecule has 0 saturated heterocycles. The molecule has 14 heavy (non-hydrogen) atoms. The molecule has 1 atom stereocenters. The average Bonchev–Trinajstić information content (AvgIpc) is 2.00. The number of hydrogen-bond donors (Lipinski definition) is 2. The SMILES string of the molecule is CCN=C(N)NC(C)CCS(C)(=O)=O. The van der Waals surface area contributed by atoms with Crippen LogP contribution in [-0.2, 0) is 9.84 Å². The van der Waals surface area contributed by atoms with Crippen LogP contribution in [0.1, 0.15) is 20.3 Å². The van der Waals surface area contributed by atoms with E-state index in [2.05, 4.69) is 10.3 Å². The molecule has 0 bridgehead atoms. The maximum Gasteiger partial charge on any atom is 0.188 e. The Balaban J connectivity index is 3.88. The van der Waals surface area contributed by atoms with Crippen LogP contribution in [0.5, 0.6) is 0 Å². The van der Waals surface area contributed by atoms with Crippen LogP contribution in [0.25, 0.3) is 0 Å². The molecule has 0 aromatic rings. The minimum Gasteiger partial charge on any atom is -0.370 e. The van der Waals surface area contributed by atoms with Gasteiger partial charge in [-0.15, -0.1) is 0 Å². The first kappa shape index (κ1) is 13.2. The number of nitrogens with zero attached hydrogens (tertiary/aromatic N) is 1. The Bertz CT molecular complexity index is 285. The van der Waals surface area contributed by atoms with Crippen molar-refractivity contribution in [3.05, 3.63) is 0 Å². The number of nitrogens with one attached hydrogen (secondary N) is 1. The highest BCUT2D eigenvalue weighted by Crippen LogP contribution is 1.94. The Kier molecular flexibility index (Phi) is 5.52. The van der Waals surface area contributed by atoms with Crippen molar-refractivity contribution in [2.45, 2.75) is 26.3 Å². The van der Waals surface area contributed by atoms with Crippen molar-refractivity contribution in [3.8, 4) is 0 Å². The Labute approximate surface area is 85.7 Å². The first-order valence-corrected chi connectivity index (χ1v) is 6.65. The number of hydrogen-bond acceptors (Lipinski definition) is 3. The Morgan fingerprint density at radius 1 is 1.57 bits per heavy atom. The van der Waals surface area contributed by atoms with Crippen molar-refractivity contribution in [1.29, 1.82) is 0 Å². The lowest BCUT2D eigenvalue weighted by molar-refractivity contribution is 0.584. The number of rotatable bonds is 5. The van der Waals surface area contributed by atoms with E-state index in [1.54, 1.807) is 0 Å². The summed E-state index contributed by atoms with van der Waals surface area (Å²) in [5, 5.41) is 2.92. The lowest BCUT2D eigenvalue weighted by Gasteiger charge is -2.13. The Morgan fingerprint density at radius 2 is 2.14 bits per heavy atom. The maximum absolute atomic E-state index is 10.9. The normalized spacial score (nSPS) is 15.2. The largest absolute Gasteiger partial charge is 0.370 e. The minimum atomic E-state index is -2.89. The summed E-state index contributed by atoms with van der Waals surface area (Å²) in [6, 6.07) is 0.0278. The zero-order chi connectivity index (χ0) is 11.2. The van der Waals surface area contributed by atoms with Gasteiger partial charge in [0.15, 0.2) is 5.96 Å². The number of sulfone groups is 1. The third-order valence-corrected chi connectivity index (χ3v) is 2.62. The second kappa shape index (κ2) is 5.85. The molecule has 0 spiro atoms. The lowest BCUT2D eigenvalue weighted by atomic mass is 10.3. The molecule has 0 saturated carbocycles. The van der Waals surface area contributed by atoms with E-state index < -0.39 is 9.84 Å². The Morgan fingerprint density at radius 3 is 2.57 bits per heavy atom. The molecule has 0 aliphatic carbocycles. The molecule has 1 unspecified atom stereocenters. The van der Waals surface area contributed by atoms with Crippen molar-refractivity contribution < 1.29 is 8.42 Å². The topological polar surface area (TPSA) is 84.5 Å².